The first-order chi connectivity index (χ1) is 10.6. The van der Waals surface area contributed by atoms with Gasteiger partial charge in [0.2, 0.25) is 0 Å². The van der Waals surface area contributed by atoms with Crippen molar-refractivity contribution < 1.29 is 9.18 Å². The summed E-state index contributed by atoms with van der Waals surface area (Å²) >= 11 is 0. The Morgan fingerprint density at radius 1 is 1.18 bits per heavy atom. The van der Waals surface area contributed by atoms with Crippen molar-refractivity contribution in [1.82, 2.24) is 4.57 Å². The maximum absolute atomic E-state index is 13.5. The van der Waals surface area contributed by atoms with Gasteiger partial charge in [0.05, 0.1) is 0 Å². The first-order valence-corrected chi connectivity index (χ1v) is 7.00. The van der Waals surface area contributed by atoms with E-state index in [0.717, 1.165) is 16.5 Å². The molecule has 1 N–H and O–H groups in total. The Morgan fingerprint density at radius 3 is 2.86 bits per heavy atom. The number of aryl methyl sites for hydroxylation is 1. The van der Waals surface area contributed by atoms with Crippen molar-refractivity contribution in [3.05, 3.63) is 65.6 Å². The van der Waals surface area contributed by atoms with E-state index >= 15 is 0 Å². The van der Waals surface area contributed by atoms with Crippen LogP contribution in [0.15, 0.2) is 48.7 Å². The van der Waals surface area contributed by atoms with Crippen molar-refractivity contribution in [3.63, 3.8) is 0 Å². The largest absolute Gasteiger partial charge is 0.350 e. The molecule has 0 fully saturated rings. The number of anilines is 1. The molecule has 0 unspecified atom stereocenters. The van der Waals surface area contributed by atoms with E-state index in [1.165, 1.54) is 12.1 Å². The number of hydrogen-bond donors (Lipinski definition) is 1. The molecule has 3 nitrogen and oxygen atoms in total. The number of halogens is 1. The van der Waals surface area contributed by atoms with E-state index < -0.39 is 0 Å². The van der Waals surface area contributed by atoms with Gasteiger partial charge in [0.25, 0.3) is 5.91 Å². The average Bonchev–Trinajstić information content (AvgIpc) is 2.99. The van der Waals surface area contributed by atoms with Crippen LogP contribution in [0.25, 0.3) is 22.6 Å². The number of benzene rings is 2. The average molecular weight is 292 g/mol. The highest BCUT2D eigenvalue weighted by atomic mass is 19.1. The Balaban J connectivity index is 1.93. The van der Waals surface area contributed by atoms with Crippen LogP contribution in [-0.2, 0) is 11.8 Å². The van der Waals surface area contributed by atoms with Crippen LogP contribution in [0, 0.1) is 5.82 Å². The molecule has 0 bridgehead atoms. The molecule has 0 atom stereocenters. The molecule has 1 amide bonds. The minimum Gasteiger partial charge on any atom is -0.350 e. The second-order valence-electron chi connectivity index (χ2n) is 5.41. The maximum Gasteiger partial charge on any atom is 0.256 e. The first kappa shape index (κ1) is 12.8. The van der Waals surface area contributed by atoms with E-state index in [2.05, 4.69) is 5.32 Å². The predicted molar refractivity (Wildman–Crippen MR) is 85.8 cm³/mol. The van der Waals surface area contributed by atoms with E-state index in [9.17, 15) is 9.18 Å². The summed E-state index contributed by atoms with van der Waals surface area (Å²) in [5.41, 5.74) is 3.79. The van der Waals surface area contributed by atoms with E-state index in [1.54, 1.807) is 6.07 Å². The van der Waals surface area contributed by atoms with Crippen LogP contribution in [-0.4, -0.2) is 10.5 Å². The molecule has 3 aromatic rings. The Bertz CT molecular complexity index is 953. The lowest BCUT2D eigenvalue weighted by Gasteiger charge is -1.98. The van der Waals surface area contributed by atoms with E-state index in [1.807, 2.05) is 48.2 Å². The smallest absolute Gasteiger partial charge is 0.256 e. The zero-order chi connectivity index (χ0) is 15.3. The van der Waals surface area contributed by atoms with Gasteiger partial charge >= 0.3 is 0 Å². The summed E-state index contributed by atoms with van der Waals surface area (Å²) in [6.07, 6.45) is 3.80. The van der Waals surface area contributed by atoms with Crippen molar-refractivity contribution in [3.8, 4) is 0 Å². The highest BCUT2D eigenvalue weighted by molar-refractivity contribution is 6.35. The van der Waals surface area contributed by atoms with Gasteiger partial charge in [0.1, 0.15) is 5.82 Å². The Kier molecular flexibility index (Phi) is 2.66. The lowest BCUT2D eigenvalue weighted by molar-refractivity contribution is -0.110. The highest BCUT2D eigenvalue weighted by Crippen LogP contribution is 2.34. The molecule has 0 radical (unpaired) electrons. The van der Waals surface area contributed by atoms with Gasteiger partial charge in [-0.25, -0.2) is 4.39 Å². The van der Waals surface area contributed by atoms with Crippen LogP contribution < -0.4 is 5.32 Å². The second-order valence-corrected chi connectivity index (χ2v) is 5.41. The van der Waals surface area contributed by atoms with Crippen LogP contribution in [0.3, 0.4) is 0 Å². The quantitative estimate of drug-likeness (QED) is 0.680. The number of hydrogen-bond acceptors (Lipinski definition) is 1. The van der Waals surface area contributed by atoms with Crippen molar-refractivity contribution in [2.45, 2.75) is 0 Å². The SMILES string of the molecule is Cn1cc(/C=C2\C(=O)Nc3ccc(F)cc32)c2ccccc21. The molecule has 1 aromatic heterocycles. The van der Waals surface area contributed by atoms with E-state index in [0.29, 0.717) is 16.8 Å². The number of nitrogens with one attached hydrogen (secondary N) is 1. The van der Waals surface area contributed by atoms with Gasteiger partial charge in [-0.2, -0.15) is 0 Å². The Morgan fingerprint density at radius 2 is 2.00 bits per heavy atom. The maximum atomic E-state index is 13.5. The lowest BCUT2D eigenvalue weighted by Crippen LogP contribution is -2.03. The van der Waals surface area contributed by atoms with Gasteiger partial charge in [-0.3, -0.25) is 4.79 Å². The van der Waals surface area contributed by atoms with Crippen molar-refractivity contribution >= 4 is 34.1 Å². The fraction of sp³-hybridized carbons (Fsp3) is 0.0556. The third-order valence-electron chi connectivity index (χ3n) is 3.99. The lowest BCUT2D eigenvalue weighted by atomic mass is 10.0. The topological polar surface area (TPSA) is 34.0 Å². The number of aromatic nitrogens is 1. The van der Waals surface area contributed by atoms with Gasteiger partial charge in [-0.1, -0.05) is 18.2 Å². The van der Waals surface area contributed by atoms with Crippen molar-refractivity contribution in [2.24, 2.45) is 7.05 Å². The summed E-state index contributed by atoms with van der Waals surface area (Å²) in [6, 6.07) is 12.3. The standard InChI is InChI=1S/C18H13FN2O/c1-21-10-11(13-4-2-3-5-17(13)21)8-15-14-9-12(19)6-7-16(14)20-18(15)22/h2-10H,1H3,(H,20,22)/b15-8-. The molecule has 4 heteroatoms. The Labute approximate surface area is 126 Å². The zero-order valence-corrected chi connectivity index (χ0v) is 11.9. The van der Waals surface area contributed by atoms with Crippen LogP contribution in [0.2, 0.25) is 0 Å². The summed E-state index contributed by atoms with van der Waals surface area (Å²) in [5.74, 6) is -0.549. The van der Waals surface area contributed by atoms with Crippen LogP contribution in [0.1, 0.15) is 11.1 Å². The number of para-hydroxylation sites is 1. The summed E-state index contributed by atoms with van der Waals surface area (Å²) in [5, 5.41) is 3.83. The molecule has 0 saturated carbocycles. The molecular weight excluding hydrogens is 279 g/mol. The predicted octanol–water partition coefficient (Wildman–Crippen LogP) is 3.81. The molecule has 1 aliphatic rings. The summed E-state index contributed by atoms with van der Waals surface area (Å²) < 4.78 is 15.5. The molecule has 2 heterocycles. The van der Waals surface area contributed by atoms with E-state index in [-0.39, 0.29) is 11.7 Å². The van der Waals surface area contributed by atoms with Crippen molar-refractivity contribution in [2.75, 3.05) is 5.32 Å². The van der Waals surface area contributed by atoms with Crippen molar-refractivity contribution in [1.29, 1.82) is 0 Å². The molecule has 0 spiro atoms. The molecule has 4 rings (SSSR count). The summed E-state index contributed by atoms with van der Waals surface area (Å²) in [4.78, 5) is 12.2. The minimum absolute atomic E-state index is 0.200. The summed E-state index contributed by atoms with van der Waals surface area (Å²) in [7, 11) is 1.96. The molecule has 22 heavy (non-hydrogen) atoms. The van der Waals surface area contributed by atoms with E-state index in [4.69, 9.17) is 0 Å². The normalized spacial score (nSPS) is 15.4. The van der Waals surface area contributed by atoms with Gasteiger partial charge in [-0.15, -0.1) is 0 Å². The fourth-order valence-electron chi connectivity index (χ4n) is 2.95. The number of nitrogens with zero attached hydrogens (tertiary/aromatic N) is 1. The number of fused-ring (bicyclic) bond motifs is 2. The van der Waals surface area contributed by atoms with Gasteiger partial charge in [0, 0.05) is 46.5 Å². The molecule has 2 aromatic carbocycles. The summed E-state index contributed by atoms with van der Waals surface area (Å²) in [6.45, 7) is 0. The van der Waals surface area contributed by atoms with Crippen LogP contribution in [0.5, 0.6) is 0 Å². The van der Waals surface area contributed by atoms with Gasteiger partial charge in [0.15, 0.2) is 0 Å². The molecule has 0 aliphatic carbocycles. The molecule has 0 saturated heterocycles. The second kappa shape index (κ2) is 4.56. The fourth-order valence-corrected chi connectivity index (χ4v) is 2.95. The van der Waals surface area contributed by atoms with Gasteiger partial charge in [-0.05, 0) is 30.3 Å². The third-order valence-corrected chi connectivity index (χ3v) is 3.99. The number of carbonyl (C=O) groups is 1. The number of carbonyl (C=O) groups excluding carboxylic acids is 1. The van der Waals surface area contributed by atoms with Gasteiger partial charge < -0.3 is 9.88 Å². The zero-order valence-electron chi connectivity index (χ0n) is 11.9. The monoisotopic (exact) mass is 292 g/mol. The number of rotatable bonds is 1. The van der Waals surface area contributed by atoms with Crippen LogP contribution >= 0.6 is 0 Å². The Hall–Kier alpha value is -2.88. The van der Waals surface area contributed by atoms with Crippen LogP contribution in [0.4, 0.5) is 10.1 Å². The first-order valence-electron chi connectivity index (χ1n) is 7.00. The molecule has 1 aliphatic heterocycles. The third kappa shape index (κ3) is 1.84. The molecular formula is C18H13FN2O. The minimum atomic E-state index is -0.348. The molecule has 108 valence electrons. The number of amides is 1. The highest BCUT2D eigenvalue weighted by Gasteiger charge is 2.24.